The van der Waals surface area contributed by atoms with Crippen LogP contribution in [0.25, 0.3) is 21.7 Å². The maximum Gasteiger partial charge on any atom is 0.119 e. The summed E-state index contributed by atoms with van der Waals surface area (Å²) >= 11 is 0. The summed E-state index contributed by atoms with van der Waals surface area (Å²) in [5, 5.41) is 7.85. The van der Waals surface area contributed by atoms with E-state index in [1.807, 2.05) is 17.1 Å². The summed E-state index contributed by atoms with van der Waals surface area (Å²) in [5.41, 5.74) is 4.41. The summed E-state index contributed by atoms with van der Waals surface area (Å²) in [5.74, 6) is 0.859. The van der Waals surface area contributed by atoms with Gasteiger partial charge in [0.25, 0.3) is 0 Å². The second-order valence-electron chi connectivity index (χ2n) is 4.93. The van der Waals surface area contributed by atoms with E-state index in [1.54, 1.807) is 7.11 Å². The third-order valence-electron chi connectivity index (χ3n) is 3.14. The summed E-state index contributed by atoms with van der Waals surface area (Å²) in [4.78, 5) is 1.85. The lowest BCUT2D eigenvalue weighted by molar-refractivity contribution is 0.415. The van der Waals surface area contributed by atoms with E-state index < -0.39 is 0 Å². The van der Waals surface area contributed by atoms with E-state index in [2.05, 4.69) is 48.6 Å². The Morgan fingerprint density at radius 2 is 1.89 bits per heavy atom. The van der Waals surface area contributed by atoms with Crippen molar-refractivity contribution in [3.63, 3.8) is 0 Å². The van der Waals surface area contributed by atoms with Gasteiger partial charge in [-0.1, -0.05) is 18.2 Å². The molecule has 0 aliphatic rings. The molecule has 0 atom stereocenters. The molecule has 4 heteroatoms. The van der Waals surface area contributed by atoms with Crippen molar-refractivity contribution < 1.29 is 4.74 Å². The zero-order valence-corrected chi connectivity index (χ0v) is 11.3. The number of hydrogen-bond acceptors (Lipinski definition) is 3. The van der Waals surface area contributed by atoms with Gasteiger partial charge in [0, 0.05) is 16.8 Å². The molecular formula is C15H17N3O. The molecule has 4 nitrogen and oxygen atoms in total. The first-order valence-corrected chi connectivity index (χ1v) is 6.40. The van der Waals surface area contributed by atoms with Crippen LogP contribution in [-0.4, -0.2) is 23.0 Å². The van der Waals surface area contributed by atoms with Gasteiger partial charge in [0.05, 0.1) is 18.8 Å². The Morgan fingerprint density at radius 3 is 2.63 bits per heavy atom. The highest BCUT2D eigenvalue weighted by molar-refractivity contribution is 6.06. The lowest BCUT2D eigenvalue weighted by atomic mass is 10.1. The summed E-state index contributed by atoms with van der Waals surface area (Å²) in [6.45, 7) is 4.19. The van der Waals surface area contributed by atoms with Crippen molar-refractivity contribution in [3.05, 3.63) is 36.5 Å². The zero-order valence-electron chi connectivity index (χ0n) is 11.3. The Hall–Kier alpha value is -2.23. The molecule has 0 spiro atoms. The standard InChI is InChI=1S/C15H17N3O/c1-10(2)17-18-15-12(9-16-18)5-4-11-6-7-13(19-3)8-14(11)15/h4-10,17H,1-3H3. The molecule has 0 unspecified atom stereocenters. The van der Waals surface area contributed by atoms with Crippen LogP contribution in [0, 0.1) is 0 Å². The molecule has 0 radical (unpaired) electrons. The predicted molar refractivity (Wildman–Crippen MR) is 78.3 cm³/mol. The first-order valence-electron chi connectivity index (χ1n) is 6.40. The van der Waals surface area contributed by atoms with Crippen molar-refractivity contribution in [2.24, 2.45) is 0 Å². The fourth-order valence-electron chi connectivity index (χ4n) is 2.29. The highest BCUT2D eigenvalue weighted by atomic mass is 16.5. The van der Waals surface area contributed by atoms with Gasteiger partial charge in [0.2, 0.25) is 0 Å². The van der Waals surface area contributed by atoms with E-state index in [-0.39, 0.29) is 0 Å². The van der Waals surface area contributed by atoms with Crippen LogP contribution in [0.15, 0.2) is 36.5 Å². The zero-order chi connectivity index (χ0) is 13.4. The smallest absolute Gasteiger partial charge is 0.119 e. The molecule has 0 saturated carbocycles. The number of methoxy groups -OCH3 is 1. The van der Waals surface area contributed by atoms with Crippen molar-refractivity contribution in [2.45, 2.75) is 19.9 Å². The van der Waals surface area contributed by atoms with Gasteiger partial charge in [-0.25, -0.2) is 0 Å². The first kappa shape index (κ1) is 11.8. The lowest BCUT2D eigenvalue weighted by Crippen LogP contribution is -2.23. The van der Waals surface area contributed by atoms with Crippen molar-refractivity contribution in [1.82, 2.24) is 9.89 Å². The van der Waals surface area contributed by atoms with Crippen molar-refractivity contribution >= 4 is 21.7 Å². The Balaban J connectivity index is 2.32. The number of rotatable bonds is 3. The van der Waals surface area contributed by atoms with Gasteiger partial charge in [-0.3, -0.25) is 0 Å². The Labute approximate surface area is 111 Å². The highest BCUT2D eigenvalue weighted by Gasteiger charge is 2.09. The van der Waals surface area contributed by atoms with Crippen LogP contribution in [-0.2, 0) is 0 Å². The summed E-state index contributed by atoms with van der Waals surface area (Å²) < 4.78 is 5.32. The molecule has 0 aliphatic heterocycles. The fourth-order valence-corrected chi connectivity index (χ4v) is 2.29. The largest absolute Gasteiger partial charge is 0.497 e. The average molecular weight is 255 g/mol. The first-order chi connectivity index (χ1) is 9.19. The topological polar surface area (TPSA) is 39.1 Å². The lowest BCUT2D eigenvalue weighted by Gasteiger charge is -2.12. The molecule has 0 amide bonds. The molecule has 19 heavy (non-hydrogen) atoms. The Bertz CT molecular complexity index is 731. The molecule has 3 rings (SSSR count). The number of hydrogen-bond donors (Lipinski definition) is 1. The van der Waals surface area contributed by atoms with E-state index in [9.17, 15) is 0 Å². The van der Waals surface area contributed by atoms with Crippen LogP contribution in [0.3, 0.4) is 0 Å². The molecule has 0 fully saturated rings. The van der Waals surface area contributed by atoms with E-state index in [0.29, 0.717) is 6.04 Å². The minimum absolute atomic E-state index is 0.323. The minimum Gasteiger partial charge on any atom is -0.497 e. The number of nitrogens with zero attached hydrogens (tertiary/aromatic N) is 2. The molecule has 98 valence electrons. The molecule has 1 aromatic heterocycles. The summed E-state index contributed by atoms with van der Waals surface area (Å²) in [6, 6.07) is 10.6. The summed E-state index contributed by atoms with van der Waals surface area (Å²) in [6.07, 6.45) is 1.88. The van der Waals surface area contributed by atoms with Gasteiger partial charge < -0.3 is 10.2 Å². The van der Waals surface area contributed by atoms with Crippen molar-refractivity contribution in [1.29, 1.82) is 0 Å². The molecule has 3 aromatic rings. The van der Waals surface area contributed by atoms with E-state index in [1.165, 1.54) is 5.39 Å². The van der Waals surface area contributed by atoms with Crippen LogP contribution in [0.4, 0.5) is 0 Å². The summed E-state index contributed by atoms with van der Waals surface area (Å²) in [7, 11) is 1.69. The van der Waals surface area contributed by atoms with E-state index in [4.69, 9.17) is 4.74 Å². The second-order valence-corrected chi connectivity index (χ2v) is 4.93. The Morgan fingerprint density at radius 1 is 1.16 bits per heavy atom. The Kier molecular flexibility index (Phi) is 2.78. The van der Waals surface area contributed by atoms with Crippen LogP contribution in [0.1, 0.15) is 13.8 Å². The maximum atomic E-state index is 5.32. The van der Waals surface area contributed by atoms with Gasteiger partial charge in [0.1, 0.15) is 5.75 Å². The van der Waals surface area contributed by atoms with Crippen molar-refractivity contribution in [3.8, 4) is 5.75 Å². The second kappa shape index (κ2) is 4.46. The van der Waals surface area contributed by atoms with Gasteiger partial charge in [-0.2, -0.15) is 9.89 Å². The van der Waals surface area contributed by atoms with Gasteiger partial charge in [-0.05, 0) is 31.4 Å². The number of aromatic nitrogens is 2. The monoisotopic (exact) mass is 255 g/mol. The van der Waals surface area contributed by atoms with Gasteiger partial charge in [0.15, 0.2) is 0 Å². The highest BCUT2D eigenvalue weighted by Crippen LogP contribution is 2.28. The third kappa shape index (κ3) is 1.99. The molecule has 1 heterocycles. The third-order valence-corrected chi connectivity index (χ3v) is 3.14. The van der Waals surface area contributed by atoms with Crippen molar-refractivity contribution in [2.75, 3.05) is 12.5 Å². The fraction of sp³-hybridized carbons (Fsp3) is 0.267. The number of ether oxygens (including phenoxy) is 1. The van der Waals surface area contributed by atoms with Crippen LogP contribution < -0.4 is 10.2 Å². The quantitative estimate of drug-likeness (QED) is 0.781. The maximum absolute atomic E-state index is 5.32. The van der Waals surface area contributed by atoms with E-state index in [0.717, 1.165) is 22.0 Å². The molecule has 0 saturated heterocycles. The van der Waals surface area contributed by atoms with Crippen LogP contribution in [0.5, 0.6) is 5.75 Å². The SMILES string of the molecule is COc1ccc2ccc3cnn(NC(C)C)c3c2c1. The average Bonchev–Trinajstić information content (AvgIpc) is 2.81. The minimum atomic E-state index is 0.323. The predicted octanol–water partition coefficient (Wildman–Crippen LogP) is 3.15. The van der Waals surface area contributed by atoms with Gasteiger partial charge in [-0.15, -0.1) is 0 Å². The number of benzene rings is 2. The number of nitrogens with one attached hydrogen (secondary N) is 1. The molecule has 1 N–H and O–H groups in total. The molecular weight excluding hydrogens is 238 g/mol. The van der Waals surface area contributed by atoms with Gasteiger partial charge >= 0.3 is 0 Å². The van der Waals surface area contributed by atoms with Crippen LogP contribution >= 0.6 is 0 Å². The number of fused-ring (bicyclic) bond motifs is 3. The molecule has 0 bridgehead atoms. The molecule has 2 aromatic carbocycles. The normalized spacial score (nSPS) is 11.4. The van der Waals surface area contributed by atoms with E-state index >= 15 is 0 Å². The van der Waals surface area contributed by atoms with Crippen LogP contribution in [0.2, 0.25) is 0 Å². The molecule has 0 aliphatic carbocycles.